The normalized spacial score (nSPS) is 15.7. The molecule has 0 bridgehead atoms. The van der Waals surface area contributed by atoms with Gasteiger partial charge in [0.2, 0.25) is 11.8 Å². The van der Waals surface area contributed by atoms with E-state index in [0.29, 0.717) is 11.3 Å². The van der Waals surface area contributed by atoms with E-state index in [4.69, 9.17) is 0 Å². The van der Waals surface area contributed by atoms with Crippen molar-refractivity contribution in [3.05, 3.63) is 102 Å². The van der Waals surface area contributed by atoms with Gasteiger partial charge in [-0.15, -0.1) is 11.8 Å². The minimum absolute atomic E-state index is 0.134. The summed E-state index contributed by atoms with van der Waals surface area (Å²) in [6.07, 6.45) is 1.42. The summed E-state index contributed by atoms with van der Waals surface area (Å²) in [5.41, 5.74) is 0.786. The first kappa shape index (κ1) is 24.9. The number of nitrogens with one attached hydrogen (secondary N) is 2. The molecule has 1 aliphatic heterocycles. The summed E-state index contributed by atoms with van der Waals surface area (Å²) in [7, 11) is 1.47. The lowest BCUT2D eigenvalue weighted by Crippen LogP contribution is -2.30. The highest BCUT2D eigenvalue weighted by Crippen LogP contribution is 2.31. The number of nitrogens with zero attached hydrogens (tertiary/aromatic N) is 1. The molecule has 4 amide bonds. The predicted octanol–water partition coefficient (Wildman–Crippen LogP) is 4.08. The molecule has 1 atom stereocenters. The van der Waals surface area contributed by atoms with Crippen molar-refractivity contribution in [3.8, 4) is 0 Å². The molecule has 0 saturated carbocycles. The average Bonchev–Trinajstić information content (AvgIpc) is 3.12. The van der Waals surface area contributed by atoms with Crippen LogP contribution in [0.25, 0.3) is 6.08 Å². The third kappa shape index (κ3) is 5.87. The molecule has 3 aromatic carbocycles. The maximum Gasteiger partial charge on any atom is 0.272 e. The molecule has 1 saturated heterocycles. The number of imide groups is 1. The Balaban J connectivity index is 1.50. The number of rotatable bonds is 7. The van der Waals surface area contributed by atoms with E-state index in [-0.39, 0.29) is 29.5 Å². The van der Waals surface area contributed by atoms with Crippen molar-refractivity contribution in [3.63, 3.8) is 0 Å². The van der Waals surface area contributed by atoms with Gasteiger partial charge < -0.3 is 10.6 Å². The molecule has 7 nitrogen and oxygen atoms in total. The zero-order valence-electron chi connectivity index (χ0n) is 19.2. The number of benzene rings is 3. The fraction of sp³-hybridized carbons (Fsp3) is 0.111. The average molecular weight is 504 g/mol. The van der Waals surface area contributed by atoms with Gasteiger partial charge in [-0.05, 0) is 48.5 Å². The van der Waals surface area contributed by atoms with Gasteiger partial charge in [-0.3, -0.25) is 24.1 Å². The van der Waals surface area contributed by atoms with Crippen LogP contribution in [0, 0.1) is 5.82 Å². The zero-order chi connectivity index (χ0) is 25.7. The molecule has 182 valence electrons. The quantitative estimate of drug-likeness (QED) is 0.374. The van der Waals surface area contributed by atoms with Crippen LogP contribution in [0.5, 0.6) is 0 Å². The van der Waals surface area contributed by atoms with Crippen molar-refractivity contribution in [2.24, 2.45) is 0 Å². The molecule has 4 rings (SSSR count). The van der Waals surface area contributed by atoms with Gasteiger partial charge in [0.05, 0.1) is 5.25 Å². The van der Waals surface area contributed by atoms with Crippen molar-refractivity contribution in [2.45, 2.75) is 16.6 Å². The van der Waals surface area contributed by atoms with E-state index in [9.17, 15) is 23.6 Å². The van der Waals surface area contributed by atoms with E-state index < -0.39 is 22.9 Å². The lowest BCUT2D eigenvalue weighted by molar-refractivity contribution is -0.136. The molecule has 1 aliphatic rings. The standard InChI is InChI=1S/C27H22FN3O4S/c1-31-24(32)16-23(27(31)35)36-20-13-11-19(12-14-20)29-26(34)22(15-18-9-5-6-10-21(18)28)30-25(33)17-7-3-2-4-8-17/h2-15,23H,16H2,1H3,(H,29,34)(H,30,33)/b22-15-. The number of hydrogen-bond donors (Lipinski definition) is 2. The Morgan fingerprint density at radius 2 is 1.64 bits per heavy atom. The number of carbonyl (C=O) groups excluding carboxylic acids is 4. The van der Waals surface area contributed by atoms with Gasteiger partial charge in [0.25, 0.3) is 11.8 Å². The Labute approximate surface area is 211 Å². The van der Waals surface area contributed by atoms with Crippen LogP contribution >= 0.6 is 11.8 Å². The minimum Gasteiger partial charge on any atom is -0.321 e. The molecule has 0 aliphatic carbocycles. The van der Waals surface area contributed by atoms with E-state index in [1.165, 1.54) is 43.1 Å². The van der Waals surface area contributed by atoms with E-state index in [1.807, 2.05) is 0 Å². The first-order chi connectivity index (χ1) is 17.3. The highest BCUT2D eigenvalue weighted by molar-refractivity contribution is 8.00. The topological polar surface area (TPSA) is 95.6 Å². The Morgan fingerprint density at radius 3 is 2.28 bits per heavy atom. The molecule has 2 N–H and O–H groups in total. The maximum absolute atomic E-state index is 14.2. The van der Waals surface area contributed by atoms with Gasteiger partial charge in [0, 0.05) is 35.2 Å². The van der Waals surface area contributed by atoms with Crippen LogP contribution in [0.15, 0.2) is 89.5 Å². The summed E-state index contributed by atoms with van der Waals surface area (Å²) in [5.74, 6) is -2.14. The Morgan fingerprint density at radius 1 is 0.972 bits per heavy atom. The van der Waals surface area contributed by atoms with Gasteiger partial charge in [-0.25, -0.2) is 4.39 Å². The molecule has 9 heteroatoms. The molecule has 1 fully saturated rings. The molecular formula is C27H22FN3O4S. The first-order valence-corrected chi connectivity index (χ1v) is 11.9. The van der Waals surface area contributed by atoms with E-state index in [2.05, 4.69) is 10.6 Å². The van der Waals surface area contributed by atoms with Crippen LogP contribution in [0.2, 0.25) is 0 Å². The number of hydrogen-bond acceptors (Lipinski definition) is 5. The zero-order valence-corrected chi connectivity index (χ0v) is 20.1. The second kappa shape index (κ2) is 11.0. The number of halogens is 1. The summed E-state index contributed by atoms with van der Waals surface area (Å²) in [5, 5.41) is 4.79. The van der Waals surface area contributed by atoms with Gasteiger partial charge >= 0.3 is 0 Å². The molecular weight excluding hydrogens is 481 g/mol. The van der Waals surface area contributed by atoms with Crippen LogP contribution in [0.3, 0.4) is 0 Å². The van der Waals surface area contributed by atoms with Gasteiger partial charge in [0.1, 0.15) is 11.5 Å². The predicted molar refractivity (Wildman–Crippen MR) is 135 cm³/mol. The Hall–Kier alpha value is -4.24. The number of likely N-dealkylation sites (tertiary alicyclic amines) is 1. The number of anilines is 1. The second-order valence-corrected chi connectivity index (χ2v) is 9.26. The first-order valence-electron chi connectivity index (χ1n) is 11.0. The summed E-state index contributed by atoms with van der Waals surface area (Å²) < 4.78 is 14.2. The minimum atomic E-state index is -0.638. The molecule has 1 unspecified atom stereocenters. The summed E-state index contributed by atoms with van der Waals surface area (Å²) >= 11 is 1.28. The largest absolute Gasteiger partial charge is 0.321 e. The SMILES string of the molecule is CN1C(=O)CC(Sc2ccc(NC(=O)/C(=C/c3ccccc3F)NC(=O)c3ccccc3)cc2)C1=O. The smallest absolute Gasteiger partial charge is 0.272 e. The van der Waals surface area contributed by atoms with Gasteiger partial charge in [-0.1, -0.05) is 36.4 Å². The molecule has 3 aromatic rings. The van der Waals surface area contributed by atoms with Crippen LogP contribution in [0.1, 0.15) is 22.3 Å². The number of amides is 4. The van der Waals surface area contributed by atoms with Crippen LogP contribution in [-0.2, 0) is 14.4 Å². The van der Waals surface area contributed by atoms with Gasteiger partial charge in [0.15, 0.2) is 0 Å². The van der Waals surface area contributed by atoms with E-state index in [0.717, 1.165) is 9.80 Å². The molecule has 1 heterocycles. The van der Waals surface area contributed by atoms with Crippen molar-refractivity contribution >= 4 is 47.2 Å². The van der Waals surface area contributed by atoms with Crippen molar-refractivity contribution in [1.29, 1.82) is 0 Å². The van der Waals surface area contributed by atoms with Crippen LogP contribution in [-0.4, -0.2) is 40.8 Å². The van der Waals surface area contributed by atoms with Crippen molar-refractivity contribution in [1.82, 2.24) is 10.2 Å². The molecule has 0 aromatic heterocycles. The maximum atomic E-state index is 14.2. The Bertz CT molecular complexity index is 1340. The number of thioether (sulfide) groups is 1. The van der Waals surface area contributed by atoms with Crippen molar-refractivity contribution in [2.75, 3.05) is 12.4 Å². The fourth-order valence-electron chi connectivity index (χ4n) is 3.48. The van der Waals surface area contributed by atoms with E-state index >= 15 is 0 Å². The lowest BCUT2D eigenvalue weighted by Gasteiger charge is -2.12. The third-order valence-electron chi connectivity index (χ3n) is 5.46. The fourth-order valence-corrected chi connectivity index (χ4v) is 4.59. The second-order valence-electron chi connectivity index (χ2n) is 7.98. The summed E-state index contributed by atoms with van der Waals surface area (Å²) in [6, 6.07) is 21.0. The lowest BCUT2D eigenvalue weighted by atomic mass is 10.1. The van der Waals surface area contributed by atoms with E-state index in [1.54, 1.807) is 60.7 Å². The van der Waals surface area contributed by atoms with Crippen LogP contribution < -0.4 is 10.6 Å². The highest BCUT2D eigenvalue weighted by atomic mass is 32.2. The van der Waals surface area contributed by atoms with Gasteiger partial charge in [-0.2, -0.15) is 0 Å². The molecule has 36 heavy (non-hydrogen) atoms. The summed E-state index contributed by atoms with van der Waals surface area (Å²) in [6.45, 7) is 0. The molecule has 0 spiro atoms. The Kier molecular flexibility index (Phi) is 7.60. The number of carbonyl (C=O) groups is 4. The molecule has 0 radical (unpaired) electrons. The highest BCUT2D eigenvalue weighted by Gasteiger charge is 2.36. The third-order valence-corrected chi connectivity index (χ3v) is 6.66. The summed E-state index contributed by atoms with van der Waals surface area (Å²) in [4.78, 5) is 51.5. The van der Waals surface area contributed by atoms with Crippen LogP contribution in [0.4, 0.5) is 10.1 Å². The monoisotopic (exact) mass is 503 g/mol. The van der Waals surface area contributed by atoms with Crippen molar-refractivity contribution < 1.29 is 23.6 Å².